The maximum absolute atomic E-state index is 11.7. The second-order valence-electron chi connectivity index (χ2n) is 4.48. The number of carboxylic acid groups (broad SMARTS) is 1. The third-order valence-electron chi connectivity index (χ3n) is 2.99. The van der Waals surface area contributed by atoms with Crippen LogP contribution in [0.2, 0.25) is 0 Å². The number of hydrogen-bond acceptors (Lipinski definition) is 3. The van der Waals surface area contributed by atoms with Crippen LogP contribution in [-0.4, -0.2) is 17.0 Å². The summed E-state index contributed by atoms with van der Waals surface area (Å²) in [5.74, 6) is -2.60. The standard InChI is InChI=1S/C14H15NO3S/c1-8(14(17)18)13(16)15-9(2)12-7-10-5-3-4-6-11(10)19-12/h3-9H,1-2H3,(H,15,16)(H,17,18). The van der Waals surface area contributed by atoms with Crippen LogP contribution in [0.3, 0.4) is 0 Å². The minimum atomic E-state index is -1.11. The number of nitrogens with one attached hydrogen (secondary N) is 1. The van der Waals surface area contributed by atoms with Gasteiger partial charge in [-0.25, -0.2) is 0 Å². The predicted octanol–water partition coefficient (Wildman–Crippen LogP) is 2.80. The topological polar surface area (TPSA) is 66.4 Å². The van der Waals surface area contributed by atoms with E-state index in [9.17, 15) is 9.59 Å². The molecule has 19 heavy (non-hydrogen) atoms. The summed E-state index contributed by atoms with van der Waals surface area (Å²) in [6.45, 7) is 3.24. The minimum Gasteiger partial charge on any atom is -0.481 e. The number of fused-ring (bicyclic) bond motifs is 1. The van der Waals surface area contributed by atoms with Gasteiger partial charge < -0.3 is 10.4 Å². The molecule has 1 amide bonds. The fraction of sp³-hybridized carbons (Fsp3) is 0.286. The SMILES string of the molecule is CC(C(=O)O)C(=O)NC(C)c1cc2ccccc2s1. The van der Waals surface area contributed by atoms with Gasteiger partial charge in [-0.05, 0) is 31.4 Å². The zero-order valence-corrected chi connectivity index (χ0v) is 11.5. The molecule has 0 saturated carbocycles. The van der Waals surface area contributed by atoms with E-state index < -0.39 is 17.8 Å². The molecule has 1 aromatic carbocycles. The third kappa shape index (κ3) is 2.93. The summed E-state index contributed by atoms with van der Waals surface area (Å²) in [6.07, 6.45) is 0. The van der Waals surface area contributed by atoms with Crippen LogP contribution in [0.4, 0.5) is 0 Å². The Morgan fingerprint density at radius 3 is 2.58 bits per heavy atom. The van der Waals surface area contributed by atoms with Crippen LogP contribution >= 0.6 is 11.3 Å². The molecule has 0 spiro atoms. The number of aliphatic carboxylic acids is 1. The van der Waals surface area contributed by atoms with Gasteiger partial charge in [-0.3, -0.25) is 9.59 Å². The molecule has 2 unspecified atom stereocenters. The van der Waals surface area contributed by atoms with Gasteiger partial charge in [0.2, 0.25) is 5.91 Å². The number of hydrogen-bond donors (Lipinski definition) is 2. The Morgan fingerprint density at radius 1 is 1.26 bits per heavy atom. The van der Waals surface area contributed by atoms with Crippen molar-refractivity contribution in [2.75, 3.05) is 0 Å². The molecule has 1 heterocycles. The average Bonchev–Trinajstić information content (AvgIpc) is 2.81. The lowest BCUT2D eigenvalue weighted by molar-refractivity contribution is -0.146. The smallest absolute Gasteiger partial charge is 0.315 e. The molecule has 5 heteroatoms. The van der Waals surface area contributed by atoms with Crippen LogP contribution in [-0.2, 0) is 9.59 Å². The second kappa shape index (κ2) is 5.40. The van der Waals surface area contributed by atoms with E-state index in [0.717, 1.165) is 15.0 Å². The first-order chi connectivity index (χ1) is 8.99. The fourth-order valence-electron chi connectivity index (χ4n) is 1.74. The molecule has 2 N–H and O–H groups in total. The molecule has 2 aromatic rings. The van der Waals surface area contributed by atoms with Crippen molar-refractivity contribution in [1.82, 2.24) is 5.32 Å². The summed E-state index contributed by atoms with van der Waals surface area (Å²) in [5.41, 5.74) is 0. The quantitative estimate of drug-likeness (QED) is 0.844. The van der Waals surface area contributed by atoms with E-state index in [0.29, 0.717) is 0 Å². The summed E-state index contributed by atoms with van der Waals surface area (Å²) in [7, 11) is 0. The van der Waals surface area contributed by atoms with Crippen LogP contribution in [0.5, 0.6) is 0 Å². The number of thiophene rings is 1. The Labute approximate surface area is 115 Å². The van der Waals surface area contributed by atoms with Crippen molar-refractivity contribution >= 4 is 33.3 Å². The van der Waals surface area contributed by atoms with E-state index in [4.69, 9.17) is 5.11 Å². The highest BCUT2D eigenvalue weighted by atomic mass is 32.1. The van der Waals surface area contributed by atoms with E-state index in [2.05, 4.69) is 5.32 Å². The largest absolute Gasteiger partial charge is 0.481 e. The molecular weight excluding hydrogens is 262 g/mol. The monoisotopic (exact) mass is 277 g/mol. The van der Waals surface area contributed by atoms with Crippen molar-refractivity contribution in [2.24, 2.45) is 5.92 Å². The predicted molar refractivity (Wildman–Crippen MR) is 75.2 cm³/mol. The highest BCUT2D eigenvalue weighted by Gasteiger charge is 2.22. The van der Waals surface area contributed by atoms with E-state index in [-0.39, 0.29) is 6.04 Å². The molecule has 0 bridgehead atoms. The number of amides is 1. The van der Waals surface area contributed by atoms with E-state index in [1.165, 1.54) is 6.92 Å². The van der Waals surface area contributed by atoms with Gasteiger partial charge in [-0.15, -0.1) is 11.3 Å². The molecule has 4 nitrogen and oxygen atoms in total. The summed E-state index contributed by atoms with van der Waals surface area (Å²) in [5, 5.41) is 12.7. The Balaban J connectivity index is 2.13. The van der Waals surface area contributed by atoms with Gasteiger partial charge in [0.15, 0.2) is 0 Å². The van der Waals surface area contributed by atoms with Gasteiger partial charge in [0.1, 0.15) is 5.92 Å². The average molecular weight is 277 g/mol. The van der Waals surface area contributed by atoms with Crippen LogP contribution in [0.15, 0.2) is 30.3 Å². The lowest BCUT2D eigenvalue weighted by atomic mass is 10.1. The minimum absolute atomic E-state index is 0.188. The first-order valence-electron chi connectivity index (χ1n) is 6.00. The van der Waals surface area contributed by atoms with Crippen molar-refractivity contribution < 1.29 is 14.7 Å². The summed E-state index contributed by atoms with van der Waals surface area (Å²) >= 11 is 1.61. The normalized spacial score (nSPS) is 14.0. The lowest BCUT2D eigenvalue weighted by Gasteiger charge is -2.14. The number of benzene rings is 1. The number of carboxylic acids is 1. The summed E-state index contributed by atoms with van der Waals surface area (Å²) < 4.78 is 1.16. The first-order valence-corrected chi connectivity index (χ1v) is 6.82. The van der Waals surface area contributed by atoms with Crippen LogP contribution in [0.25, 0.3) is 10.1 Å². The molecule has 0 aliphatic rings. The highest BCUT2D eigenvalue weighted by Crippen LogP contribution is 2.29. The summed E-state index contributed by atoms with van der Waals surface area (Å²) in [6, 6.07) is 9.82. The van der Waals surface area contributed by atoms with Crippen molar-refractivity contribution in [3.05, 3.63) is 35.2 Å². The maximum atomic E-state index is 11.7. The molecule has 1 aromatic heterocycles. The Morgan fingerprint density at radius 2 is 1.95 bits per heavy atom. The first kappa shape index (κ1) is 13.5. The van der Waals surface area contributed by atoms with Crippen LogP contribution in [0.1, 0.15) is 24.8 Å². The van der Waals surface area contributed by atoms with E-state index in [1.807, 2.05) is 37.3 Å². The highest BCUT2D eigenvalue weighted by molar-refractivity contribution is 7.19. The summed E-state index contributed by atoms with van der Waals surface area (Å²) in [4.78, 5) is 23.5. The van der Waals surface area contributed by atoms with Gasteiger partial charge in [0.05, 0.1) is 6.04 Å². The van der Waals surface area contributed by atoms with E-state index in [1.54, 1.807) is 11.3 Å². The number of carbonyl (C=O) groups is 2. The Kier molecular flexibility index (Phi) is 3.85. The van der Waals surface area contributed by atoms with Crippen LogP contribution in [0, 0.1) is 5.92 Å². The number of rotatable bonds is 4. The van der Waals surface area contributed by atoms with Gasteiger partial charge in [0, 0.05) is 9.58 Å². The Bertz CT molecular complexity index is 587. The molecule has 2 rings (SSSR count). The zero-order valence-electron chi connectivity index (χ0n) is 10.7. The molecule has 2 atom stereocenters. The Hall–Kier alpha value is -1.88. The lowest BCUT2D eigenvalue weighted by Crippen LogP contribution is -2.34. The molecule has 0 radical (unpaired) electrons. The maximum Gasteiger partial charge on any atom is 0.315 e. The van der Waals surface area contributed by atoms with Gasteiger partial charge in [0.25, 0.3) is 0 Å². The van der Waals surface area contributed by atoms with Crippen molar-refractivity contribution in [1.29, 1.82) is 0 Å². The van der Waals surface area contributed by atoms with E-state index >= 15 is 0 Å². The third-order valence-corrected chi connectivity index (χ3v) is 4.29. The van der Waals surface area contributed by atoms with Gasteiger partial charge >= 0.3 is 5.97 Å². The van der Waals surface area contributed by atoms with Gasteiger partial charge in [-0.1, -0.05) is 18.2 Å². The fourth-order valence-corrected chi connectivity index (χ4v) is 2.80. The van der Waals surface area contributed by atoms with Gasteiger partial charge in [-0.2, -0.15) is 0 Å². The van der Waals surface area contributed by atoms with Crippen molar-refractivity contribution in [2.45, 2.75) is 19.9 Å². The molecule has 0 fully saturated rings. The molecular formula is C14H15NO3S. The number of carbonyl (C=O) groups excluding carboxylic acids is 1. The molecule has 100 valence electrons. The molecule has 0 saturated heterocycles. The molecule has 0 aliphatic heterocycles. The molecule has 0 aliphatic carbocycles. The van der Waals surface area contributed by atoms with Crippen molar-refractivity contribution in [3.63, 3.8) is 0 Å². The second-order valence-corrected chi connectivity index (χ2v) is 5.59. The van der Waals surface area contributed by atoms with Crippen LogP contribution < -0.4 is 5.32 Å². The zero-order chi connectivity index (χ0) is 14.0. The van der Waals surface area contributed by atoms with Crippen molar-refractivity contribution in [3.8, 4) is 0 Å².